The minimum absolute atomic E-state index is 0.0596. The first-order chi connectivity index (χ1) is 7.06. The molecular weight excluding hydrogens is 200 g/mol. The number of alkyl halides is 2. The minimum atomic E-state index is -3.00. The van der Waals surface area contributed by atoms with Crippen LogP contribution in [0.2, 0.25) is 0 Å². The van der Waals surface area contributed by atoms with Crippen LogP contribution in [-0.4, -0.2) is 16.1 Å². The summed E-state index contributed by atoms with van der Waals surface area (Å²) in [6.45, 7) is -0.693. The summed E-state index contributed by atoms with van der Waals surface area (Å²) in [4.78, 5) is 4.04. The Labute approximate surface area is 85.5 Å². The second kappa shape index (κ2) is 3.27. The van der Waals surface area contributed by atoms with Gasteiger partial charge in [0.2, 0.25) is 0 Å². The molecule has 0 saturated carbocycles. The van der Waals surface area contributed by atoms with E-state index >= 15 is 0 Å². The topological polar surface area (TPSA) is 43.8 Å². The Bertz CT molecular complexity index is 490. The van der Waals surface area contributed by atoms with E-state index in [0.29, 0.717) is 11.0 Å². The predicted octanol–water partition coefficient (Wildman–Crippen LogP) is 1.62. The molecule has 0 saturated heterocycles. The summed E-state index contributed by atoms with van der Waals surface area (Å²) in [6, 6.07) is 3.26. The maximum atomic E-state index is 13.5. The van der Waals surface area contributed by atoms with Gasteiger partial charge in [0.25, 0.3) is 5.92 Å². The fraction of sp³-hybridized carbons (Fsp3) is 0.300. The molecule has 0 aromatic carbocycles. The van der Waals surface area contributed by atoms with Crippen molar-refractivity contribution in [2.24, 2.45) is 12.8 Å². The Morgan fingerprint density at radius 2 is 2.27 bits per heavy atom. The van der Waals surface area contributed by atoms with Crippen molar-refractivity contribution in [1.82, 2.24) is 9.55 Å². The molecule has 0 aliphatic rings. The largest absolute Gasteiger partial charge is 0.335 e. The molecule has 15 heavy (non-hydrogen) atoms. The molecule has 2 heterocycles. The molecule has 0 bridgehead atoms. The molecule has 2 N–H and O–H groups in total. The van der Waals surface area contributed by atoms with Gasteiger partial charge < -0.3 is 10.3 Å². The molecule has 2 aromatic heterocycles. The summed E-state index contributed by atoms with van der Waals surface area (Å²) < 4.78 is 28.5. The van der Waals surface area contributed by atoms with Crippen molar-refractivity contribution in [1.29, 1.82) is 0 Å². The summed E-state index contributed by atoms with van der Waals surface area (Å²) in [5, 5.41) is 0.454. The van der Waals surface area contributed by atoms with E-state index < -0.39 is 12.5 Å². The molecule has 3 nitrogen and oxygen atoms in total. The van der Waals surface area contributed by atoms with Crippen molar-refractivity contribution in [3.8, 4) is 0 Å². The van der Waals surface area contributed by atoms with Crippen LogP contribution in [0.4, 0.5) is 8.78 Å². The monoisotopic (exact) mass is 211 g/mol. The van der Waals surface area contributed by atoms with Crippen LogP contribution < -0.4 is 5.73 Å². The standard InChI is InChI=1S/C10H11F2N3/c1-15-5-8(10(11,12)6-13)7-3-2-4-14-9(7)15/h2-5H,6,13H2,1H3. The second-order valence-electron chi connectivity index (χ2n) is 3.44. The van der Waals surface area contributed by atoms with Gasteiger partial charge in [0.15, 0.2) is 0 Å². The highest BCUT2D eigenvalue weighted by Gasteiger charge is 2.33. The van der Waals surface area contributed by atoms with Crippen LogP contribution in [0.5, 0.6) is 0 Å². The minimum Gasteiger partial charge on any atom is -0.335 e. The van der Waals surface area contributed by atoms with Crippen LogP contribution >= 0.6 is 0 Å². The first-order valence-electron chi connectivity index (χ1n) is 4.54. The summed E-state index contributed by atoms with van der Waals surface area (Å²) in [6.07, 6.45) is 2.96. The van der Waals surface area contributed by atoms with E-state index in [2.05, 4.69) is 4.98 Å². The molecule has 0 aliphatic heterocycles. The number of aryl methyl sites for hydroxylation is 1. The Morgan fingerprint density at radius 3 is 2.93 bits per heavy atom. The zero-order valence-corrected chi connectivity index (χ0v) is 8.24. The quantitative estimate of drug-likeness (QED) is 0.820. The van der Waals surface area contributed by atoms with Crippen LogP contribution in [0.1, 0.15) is 5.56 Å². The molecule has 5 heteroatoms. The first-order valence-corrected chi connectivity index (χ1v) is 4.54. The number of rotatable bonds is 2. The van der Waals surface area contributed by atoms with E-state index in [1.807, 2.05) is 0 Å². The molecule has 2 rings (SSSR count). The lowest BCUT2D eigenvalue weighted by Crippen LogP contribution is -2.24. The first kappa shape index (κ1) is 10.0. The van der Waals surface area contributed by atoms with Crippen molar-refractivity contribution in [3.63, 3.8) is 0 Å². The molecule has 0 radical (unpaired) electrons. The summed E-state index contributed by atoms with van der Waals surface area (Å²) >= 11 is 0. The van der Waals surface area contributed by atoms with Gasteiger partial charge in [-0.1, -0.05) is 0 Å². The van der Waals surface area contributed by atoms with Gasteiger partial charge in [-0.15, -0.1) is 0 Å². The van der Waals surface area contributed by atoms with Crippen LogP contribution in [0.15, 0.2) is 24.5 Å². The van der Waals surface area contributed by atoms with E-state index in [1.54, 1.807) is 29.9 Å². The number of fused-ring (bicyclic) bond motifs is 1. The highest BCUT2D eigenvalue weighted by atomic mass is 19.3. The summed E-state index contributed by atoms with van der Waals surface area (Å²) in [5.41, 5.74) is 5.54. The van der Waals surface area contributed by atoms with E-state index in [-0.39, 0.29) is 5.56 Å². The van der Waals surface area contributed by atoms with Gasteiger partial charge in [-0.2, -0.15) is 8.78 Å². The Balaban J connectivity index is 2.72. The number of hydrogen-bond donors (Lipinski definition) is 1. The van der Waals surface area contributed by atoms with Crippen LogP contribution in [0.25, 0.3) is 11.0 Å². The maximum absolute atomic E-state index is 13.5. The number of nitrogens with zero attached hydrogens (tertiary/aromatic N) is 2. The number of hydrogen-bond acceptors (Lipinski definition) is 2. The van der Waals surface area contributed by atoms with Crippen molar-refractivity contribution in [2.75, 3.05) is 6.54 Å². The maximum Gasteiger partial charge on any atom is 0.287 e. The molecule has 2 aromatic rings. The zero-order chi connectivity index (χ0) is 11.1. The van der Waals surface area contributed by atoms with Crippen LogP contribution in [0.3, 0.4) is 0 Å². The lowest BCUT2D eigenvalue weighted by atomic mass is 10.1. The third-order valence-electron chi connectivity index (χ3n) is 2.38. The lowest BCUT2D eigenvalue weighted by molar-refractivity contribution is 0.00738. The van der Waals surface area contributed by atoms with E-state index in [4.69, 9.17) is 5.73 Å². The number of pyridine rings is 1. The van der Waals surface area contributed by atoms with Gasteiger partial charge in [-0.25, -0.2) is 4.98 Å². The molecule has 0 unspecified atom stereocenters. The predicted molar refractivity (Wildman–Crippen MR) is 53.7 cm³/mol. The molecule has 0 aliphatic carbocycles. The molecule has 0 amide bonds. The van der Waals surface area contributed by atoms with Gasteiger partial charge in [-0.05, 0) is 12.1 Å². The number of aromatic nitrogens is 2. The fourth-order valence-corrected chi connectivity index (χ4v) is 1.61. The molecule has 0 spiro atoms. The van der Waals surface area contributed by atoms with Crippen molar-refractivity contribution in [3.05, 3.63) is 30.1 Å². The summed E-state index contributed by atoms with van der Waals surface area (Å²) in [5.74, 6) is -3.00. The Morgan fingerprint density at radius 1 is 1.53 bits per heavy atom. The van der Waals surface area contributed by atoms with E-state index in [0.717, 1.165) is 0 Å². The molecular formula is C10H11F2N3. The van der Waals surface area contributed by atoms with Gasteiger partial charge >= 0.3 is 0 Å². The van der Waals surface area contributed by atoms with Crippen LogP contribution in [0, 0.1) is 0 Å². The average molecular weight is 211 g/mol. The molecule has 0 fully saturated rings. The van der Waals surface area contributed by atoms with Crippen molar-refractivity contribution in [2.45, 2.75) is 5.92 Å². The number of nitrogens with two attached hydrogens (primary N) is 1. The van der Waals surface area contributed by atoms with Crippen molar-refractivity contribution >= 4 is 11.0 Å². The van der Waals surface area contributed by atoms with E-state index in [1.165, 1.54) is 6.20 Å². The molecule has 0 atom stereocenters. The Kier molecular flexibility index (Phi) is 2.19. The fourth-order valence-electron chi connectivity index (χ4n) is 1.61. The SMILES string of the molecule is Cn1cc(C(F)(F)CN)c2cccnc21. The second-order valence-corrected chi connectivity index (χ2v) is 3.44. The average Bonchev–Trinajstić information content (AvgIpc) is 2.58. The smallest absolute Gasteiger partial charge is 0.287 e. The van der Waals surface area contributed by atoms with Crippen molar-refractivity contribution < 1.29 is 8.78 Å². The van der Waals surface area contributed by atoms with Gasteiger partial charge in [-0.3, -0.25) is 0 Å². The van der Waals surface area contributed by atoms with Gasteiger partial charge in [0.05, 0.1) is 6.54 Å². The van der Waals surface area contributed by atoms with Gasteiger partial charge in [0, 0.05) is 30.4 Å². The highest BCUT2D eigenvalue weighted by molar-refractivity contribution is 5.81. The Hall–Kier alpha value is -1.49. The zero-order valence-electron chi connectivity index (χ0n) is 8.24. The van der Waals surface area contributed by atoms with Gasteiger partial charge in [0.1, 0.15) is 5.65 Å². The third-order valence-corrected chi connectivity index (χ3v) is 2.38. The molecule has 80 valence electrons. The summed E-state index contributed by atoms with van der Waals surface area (Å²) in [7, 11) is 1.69. The third kappa shape index (κ3) is 1.48. The number of halogens is 2. The highest BCUT2D eigenvalue weighted by Crippen LogP contribution is 2.32. The van der Waals surface area contributed by atoms with Crippen LogP contribution in [-0.2, 0) is 13.0 Å². The van der Waals surface area contributed by atoms with E-state index in [9.17, 15) is 8.78 Å². The lowest BCUT2D eigenvalue weighted by Gasteiger charge is -2.12. The normalized spacial score (nSPS) is 12.3.